The predicted octanol–water partition coefficient (Wildman–Crippen LogP) is 5.77. The normalized spacial score (nSPS) is 11.5. The fraction of sp³-hybridized carbons (Fsp3) is 0.158. The van der Waals surface area contributed by atoms with E-state index in [1.54, 1.807) is 24.3 Å². The van der Waals surface area contributed by atoms with E-state index in [4.69, 9.17) is 23.2 Å². The van der Waals surface area contributed by atoms with Gasteiger partial charge in [0.05, 0.1) is 16.9 Å². The van der Waals surface area contributed by atoms with E-state index in [0.717, 1.165) is 6.07 Å². The van der Waals surface area contributed by atoms with Gasteiger partial charge in [-0.25, -0.2) is 4.68 Å². The van der Waals surface area contributed by atoms with Crippen LogP contribution in [0.1, 0.15) is 17.5 Å². The quantitative estimate of drug-likeness (QED) is 0.561. The van der Waals surface area contributed by atoms with Gasteiger partial charge in [-0.15, -0.1) is 0 Å². The zero-order valence-electron chi connectivity index (χ0n) is 14.3. The Morgan fingerprint density at radius 1 is 1.14 bits per heavy atom. The van der Waals surface area contributed by atoms with Crippen molar-refractivity contribution in [2.45, 2.75) is 19.0 Å². The van der Waals surface area contributed by atoms with Gasteiger partial charge in [-0.1, -0.05) is 29.3 Å². The molecule has 1 heterocycles. The van der Waals surface area contributed by atoms with Crippen LogP contribution in [0.5, 0.6) is 0 Å². The average Bonchev–Trinajstić information content (AvgIpc) is 3.15. The zero-order valence-corrected chi connectivity index (χ0v) is 15.8. The second kappa shape index (κ2) is 8.24. The molecule has 4 nitrogen and oxygen atoms in total. The van der Waals surface area contributed by atoms with Crippen LogP contribution in [0.3, 0.4) is 0 Å². The SMILES string of the molecule is O=C(CCc1ccc(Cl)cc1Cl)Nc1ccc(-n2cccn2)cc1C(F)(F)F. The standard InChI is InChI=1S/C19H14Cl2F3N3O/c20-13-4-2-12(16(21)10-13)3-7-18(28)26-17-6-5-14(27-9-1-8-25-27)11-15(17)19(22,23)24/h1-2,4-6,8-11H,3,7H2,(H,26,28). The van der Waals surface area contributed by atoms with Gasteiger partial charge in [0.2, 0.25) is 5.91 Å². The van der Waals surface area contributed by atoms with E-state index in [1.807, 2.05) is 0 Å². The number of hydrogen-bond donors (Lipinski definition) is 1. The number of carbonyl (C=O) groups excluding carboxylic acids is 1. The number of alkyl halides is 3. The maximum atomic E-state index is 13.5. The summed E-state index contributed by atoms with van der Waals surface area (Å²) in [5, 5.41) is 7.12. The maximum Gasteiger partial charge on any atom is 0.418 e. The molecule has 9 heteroatoms. The monoisotopic (exact) mass is 427 g/mol. The number of anilines is 1. The van der Waals surface area contributed by atoms with Crippen LogP contribution in [0.2, 0.25) is 10.0 Å². The van der Waals surface area contributed by atoms with E-state index in [1.165, 1.54) is 29.2 Å². The van der Waals surface area contributed by atoms with Gasteiger partial charge in [0.1, 0.15) is 0 Å². The molecule has 0 aliphatic heterocycles. The van der Waals surface area contributed by atoms with E-state index >= 15 is 0 Å². The molecule has 146 valence electrons. The van der Waals surface area contributed by atoms with Gasteiger partial charge >= 0.3 is 6.18 Å². The average molecular weight is 428 g/mol. The summed E-state index contributed by atoms with van der Waals surface area (Å²) in [5.41, 5.74) is -0.330. The summed E-state index contributed by atoms with van der Waals surface area (Å²) in [6.07, 6.45) is -1.40. The highest BCUT2D eigenvalue weighted by molar-refractivity contribution is 6.35. The summed E-state index contributed by atoms with van der Waals surface area (Å²) in [6.45, 7) is 0. The second-order valence-electron chi connectivity index (χ2n) is 5.96. The minimum Gasteiger partial charge on any atom is -0.325 e. The first-order valence-electron chi connectivity index (χ1n) is 8.19. The smallest absolute Gasteiger partial charge is 0.325 e. The zero-order chi connectivity index (χ0) is 20.3. The largest absolute Gasteiger partial charge is 0.418 e. The number of nitrogens with one attached hydrogen (secondary N) is 1. The number of amides is 1. The number of rotatable bonds is 5. The Hall–Kier alpha value is -2.51. The lowest BCUT2D eigenvalue weighted by molar-refractivity contribution is -0.137. The van der Waals surface area contributed by atoms with E-state index in [-0.39, 0.29) is 24.2 Å². The summed E-state index contributed by atoms with van der Waals surface area (Å²) in [7, 11) is 0. The molecular weight excluding hydrogens is 414 g/mol. The van der Waals surface area contributed by atoms with Crippen LogP contribution in [0.25, 0.3) is 5.69 Å². The first-order chi connectivity index (χ1) is 13.2. The van der Waals surface area contributed by atoms with Gasteiger partial charge in [-0.05, 0) is 48.4 Å². The number of aryl methyl sites for hydroxylation is 1. The van der Waals surface area contributed by atoms with Crippen LogP contribution in [-0.2, 0) is 17.4 Å². The molecule has 0 fully saturated rings. The Labute approximate surface area is 168 Å². The molecule has 1 aromatic heterocycles. The molecule has 1 amide bonds. The Balaban J connectivity index is 1.76. The van der Waals surface area contributed by atoms with Crippen LogP contribution in [0.15, 0.2) is 54.9 Å². The van der Waals surface area contributed by atoms with Gasteiger partial charge in [0.25, 0.3) is 0 Å². The van der Waals surface area contributed by atoms with Gasteiger partial charge in [0, 0.05) is 28.9 Å². The van der Waals surface area contributed by atoms with Crippen molar-refractivity contribution in [1.82, 2.24) is 9.78 Å². The van der Waals surface area contributed by atoms with Crippen molar-refractivity contribution in [2.75, 3.05) is 5.32 Å². The number of nitrogens with zero attached hydrogens (tertiary/aromatic N) is 2. The lowest BCUT2D eigenvalue weighted by Gasteiger charge is -2.15. The highest BCUT2D eigenvalue weighted by Crippen LogP contribution is 2.36. The van der Waals surface area contributed by atoms with Crippen LogP contribution in [-0.4, -0.2) is 15.7 Å². The lowest BCUT2D eigenvalue weighted by Crippen LogP contribution is -2.17. The highest BCUT2D eigenvalue weighted by Gasteiger charge is 2.34. The van der Waals surface area contributed by atoms with Crippen LogP contribution in [0, 0.1) is 0 Å². The number of hydrogen-bond acceptors (Lipinski definition) is 2. The van der Waals surface area contributed by atoms with Crippen LogP contribution < -0.4 is 5.32 Å². The number of benzene rings is 2. The summed E-state index contributed by atoms with van der Waals surface area (Å²) < 4.78 is 41.7. The minimum absolute atomic E-state index is 0.0282. The summed E-state index contributed by atoms with van der Waals surface area (Å²) in [5.74, 6) is -0.552. The molecule has 0 saturated heterocycles. The van der Waals surface area contributed by atoms with E-state index in [9.17, 15) is 18.0 Å². The highest BCUT2D eigenvalue weighted by atomic mass is 35.5. The van der Waals surface area contributed by atoms with E-state index in [2.05, 4.69) is 10.4 Å². The third kappa shape index (κ3) is 4.85. The fourth-order valence-electron chi connectivity index (χ4n) is 2.63. The molecule has 28 heavy (non-hydrogen) atoms. The van der Waals surface area contributed by atoms with Gasteiger partial charge in [-0.2, -0.15) is 18.3 Å². The fourth-order valence-corrected chi connectivity index (χ4v) is 3.13. The topological polar surface area (TPSA) is 46.9 Å². The third-order valence-corrected chi connectivity index (χ3v) is 4.58. The molecule has 0 aliphatic rings. The number of carbonyl (C=O) groups is 1. The van der Waals surface area contributed by atoms with Crippen LogP contribution in [0.4, 0.5) is 18.9 Å². The number of aromatic nitrogens is 2. The van der Waals surface area contributed by atoms with Crippen molar-refractivity contribution in [3.63, 3.8) is 0 Å². The maximum absolute atomic E-state index is 13.5. The van der Waals surface area contributed by atoms with Crippen LogP contribution >= 0.6 is 23.2 Å². The molecule has 2 aromatic carbocycles. The van der Waals surface area contributed by atoms with Crippen molar-refractivity contribution >= 4 is 34.8 Å². The van der Waals surface area contributed by atoms with Crippen molar-refractivity contribution < 1.29 is 18.0 Å². The molecule has 0 aliphatic carbocycles. The van der Waals surface area contributed by atoms with E-state index in [0.29, 0.717) is 15.6 Å². The third-order valence-electron chi connectivity index (χ3n) is 3.99. The Bertz CT molecular complexity index is 989. The number of halogens is 5. The summed E-state index contributed by atoms with van der Waals surface area (Å²) in [4.78, 5) is 12.2. The summed E-state index contributed by atoms with van der Waals surface area (Å²) in [6, 6.07) is 10.1. The molecule has 1 N–H and O–H groups in total. The lowest BCUT2D eigenvalue weighted by atomic mass is 10.1. The second-order valence-corrected chi connectivity index (χ2v) is 6.81. The predicted molar refractivity (Wildman–Crippen MR) is 102 cm³/mol. The first-order valence-corrected chi connectivity index (χ1v) is 8.94. The first kappa shape index (κ1) is 20.2. The Kier molecular flexibility index (Phi) is 5.96. The van der Waals surface area contributed by atoms with E-state index < -0.39 is 17.6 Å². The molecule has 0 unspecified atom stereocenters. The molecule has 0 saturated carbocycles. The molecule has 3 aromatic rings. The van der Waals surface area contributed by atoms with Gasteiger partial charge < -0.3 is 5.32 Å². The minimum atomic E-state index is -4.63. The van der Waals surface area contributed by atoms with Crippen molar-refractivity contribution in [2.24, 2.45) is 0 Å². The molecule has 0 radical (unpaired) electrons. The molecule has 0 spiro atoms. The Morgan fingerprint density at radius 3 is 2.57 bits per heavy atom. The molecule has 3 rings (SSSR count). The molecule has 0 atom stereocenters. The summed E-state index contributed by atoms with van der Waals surface area (Å²) >= 11 is 11.9. The Morgan fingerprint density at radius 2 is 1.93 bits per heavy atom. The molecular formula is C19H14Cl2F3N3O. The van der Waals surface area contributed by atoms with Crippen molar-refractivity contribution in [3.8, 4) is 5.69 Å². The van der Waals surface area contributed by atoms with Crippen molar-refractivity contribution in [1.29, 1.82) is 0 Å². The van der Waals surface area contributed by atoms with Crippen molar-refractivity contribution in [3.05, 3.63) is 76.0 Å². The molecule has 0 bridgehead atoms. The van der Waals surface area contributed by atoms with Gasteiger partial charge in [-0.3, -0.25) is 4.79 Å². The van der Waals surface area contributed by atoms with Gasteiger partial charge in [0.15, 0.2) is 0 Å².